The fourth-order valence-corrected chi connectivity index (χ4v) is 3.33. The standard InChI is InChI=1S/C15H16FN3O2S/c1-3-19(15(20)13-8-17-18-22-13)12-4-5-21-14-9(2)6-10(16)7-11(12)14/h6-8,12H,3-5H2,1-2H3. The molecule has 0 bridgehead atoms. The fourth-order valence-electron chi connectivity index (χ4n) is 2.86. The number of ether oxygens (including phenoxy) is 1. The molecule has 0 spiro atoms. The fraction of sp³-hybridized carbons (Fsp3) is 0.400. The second kappa shape index (κ2) is 6.00. The third-order valence-electron chi connectivity index (χ3n) is 3.81. The number of amides is 1. The Kier molecular flexibility index (Phi) is 4.06. The molecular formula is C15H16FN3O2S. The summed E-state index contributed by atoms with van der Waals surface area (Å²) in [6, 6.07) is 2.72. The highest BCUT2D eigenvalue weighted by Gasteiger charge is 2.32. The first-order chi connectivity index (χ1) is 10.6. The molecule has 116 valence electrons. The van der Waals surface area contributed by atoms with E-state index in [1.54, 1.807) is 4.90 Å². The van der Waals surface area contributed by atoms with E-state index in [1.165, 1.54) is 18.3 Å². The quantitative estimate of drug-likeness (QED) is 0.872. The summed E-state index contributed by atoms with van der Waals surface area (Å²) < 4.78 is 23.2. The number of aryl methyl sites for hydroxylation is 1. The van der Waals surface area contributed by atoms with E-state index >= 15 is 0 Å². The molecule has 2 aromatic rings. The molecule has 2 heterocycles. The summed E-state index contributed by atoms with van der Waals surface area (Å²) in [5, 5.41) is 3.71. The monoisotopic (exact) mass is 321 g/mol. The molecule has 1 aromatic carbocycles. The Morgan fingerprint density at radius 1 is 1.55 bits per heavy atom. The van der Waals surface area contributed by atoms with Crippen LogP contribution in [0, 0.1) is 12.7 Å². The predicted octanol–water partition coefficient (Wildman–Crippen LogP) is 2.97. The normalized spacial score (nSPS) is 16.8. The Balaban J connectivity index is 2.00. The van der Waals surface area contributed by atoms with Crippen molar-refractivity contribution in [3.8, 4) is 5.75 Å². The van der Waals surface area contributed by atoms with Gasteiger partial charge in [-0.1, -0.05) is 4.49 Å². The number of nitrogens with zero attached hydrogens (tertiary/aromatic N) is 3. The molecule has 0 radical (unpaired) electrons. The molecular weight excluding hydrogens is 305 g/mol. The van der Waals surface area contributed by atoms with Gasteiger partial charge in [-0.3, -0.25) is 4.79 Å². The van der Waals surface area contributed by atoms with Crippen molar-refractivity contribution < 1.29 is 13.9 Å². The van der Waals surface area contributed by atoms with Crippen LogP contribution in [0.25, 0.3) is 0 Å². The van der Waals surface area contributed by atoms with Gasteiger partial charge in [0.25, 0.3) is 5.91 Å². The summed E-state index contributed by atoms with van der Waals surface area (Å²) >= 11 is 1.07. The Morgan fingerprint density at radius 3 is 3.05 bits per heavy atom. The first-order valence-electron chi connectivity index (χ1n) is 7.13. The van der Waals surface area contributed by atoms with Crippen molar-refractivity contribution in [2.45, 2.75) is 26.3 Å². The van der Waals surface area contributed by atoms with E-state index in [0.717, 1.165) is 22.7 Å². The van der Waals surface area contributed by atoms with E-state index in [2.05, 4.69) is 9.59 Å². The lowest BCUT2D eigenvalue weighted by molar-refractivity contribution is 0.0640. The number of hydrogen-bond acceptors (Lipinski definition) is 5. The third kappa shape index (κ3) is 2.56. The molecule has 0 fully saturated rings. The van der Waals surface area contributed by atoms with E-state index < -0.39 is 0 Å². The zero-order valence-corrected chi connectivity index (χ0v) is 13.2. The van der Waals surface area contributed by atoms with Gasteiger partial charge in [0.15, 0.2) is 0 Å². The van der Waals surface area contributed by atoms with E-state index in [1.807, 2.05) is 13.8 Å². The van der Waals surface area contributed by atoms with Crippen LogP contribution in [0.1, 0.15) is 40.2 Å². The molecule has 1 atom stereocenters. The van der Waals surface area contributed by atoms with Gasteiger partial charge in [0.05, 0.1) is 18.8 Å². The van der Waals surface area contributed by atoms with Crippen LogP contribution in [-0.4, -0.2) is 33.5 Å². The van der Waals surface area contributed by atoms with E-state index in [0.29, 0.717) is 30.2 Å². The summed E-state index contributed by atoms with van der Waals surface area (Å²) in [7, 11) is 0. The van der Waals surface area contributed by atoms with Gasteiger partial charge >= 0.3 is 0 Å². The van der Waals surface area contributed by atoms with Crippen molar-refractivity contribution in [3.63, 3.8) is 0 Å². The molecule has 1 aliphatic rings. The zero-order valence-electron chi connectivity index (χ0n) is 12.4. The lowest BCUT2D eigenvalue weighted by Crippen LogP contribution is -2.37. The Labute approximate surface area is 131 Å². The van der Waals surface area contributed by atoms with Gasteiger partial charge in [-0.2, -0.15) is 0 Å². The lowest BCUT2D eigenvalue weighted by atomic mass is 9.96. The topological polar surface area (TPSA) is 55.3 Å². The molecule has 1 aromatic heterocycles. The molecule has 0 saturated heterocycles. The van der Waals surface area contributed by atoms with Crippen molar-refractivity contribution >= 4 is 17.4 Å². The summed E-state index contributed by atoms with van der Waals surface area (Å²) in [6.45, 7) is 4.76. The number of benzene rings is 1. The van der Waals surface area contributed by atoms with Crippen LogP contribution < -0.4 is 4.74 Å². The molecule has 5 nitrogen and oxygen atoms in total. The average molecular weight is 321 g/mol. The van der Waals surface area contributed by atoms with Crippen LogP contribution in [0.5, 0.6) is 5.75 Å². The summed E-state index contributed by atoms with van der Waals surface area (Å²) in [5.41, 5.74) is 1.49. The molecule has 1 unspecified atom stereocenters. The average Bonchev–Trinajstić information content (AvgIpc) is 3.02. The van der Waals surface area contributed by atoms with Crippen LogP contribution in [0.3, 0.4) is 0 Å². The van der Waals surface area contributed by atoms with Gasteiger partial charge in [-0.25, -0.2) is 4.39 Å². The Morgan fingerprint density at radius 2 is 2.36 bits per heavy atom. The number of carbonyl (C=O) groups excluding carboxylic acids is 1. The summed E-state index contributed by atoms with van der Waals surface area (Å²) in [5.74, 6) is 0.248. The minimum absolute atomic E-state index is 0.128. The highest BCUT2D eigenvalue weighted by Crippen LogP contribution is 2.39. The maximum atomic E-state index is 13.8. The second-order valence-corrected chi connectivity index (χ2v) is 5.95. The van der Waals surface area contributed by atoms with Gasteiger partial charge in [-0.05, 0) is 43.1 Å². The van der Waals surface area contributed by atoms with Gasteiger partial charge in [0, 0.05) is 18.5 Å². The highest BCUT2D eigenvalue weighted by atomic mass is 32.1. The maximum Gasteiger partial charge on any atom is 0.267 e. The maximum absolute atomic E-state index is 13.8. The second-order valence-electron chi connectivity index (χ2n) is 5.17. The van der Waals surface area contributed by atoms with E-state index in [-0.39, 0.29) is 17.8 Å². The first kappa shape index (κ1) is 14.9. The molecule has 22 heavy (non-hydrogen) atoms. The van der Waals surface area contributed by atoms with Crippen LogP contribution in [-0.2, 0) is 0 Å². The Hall–Kier alpha value is -2.02. The molecule has 7 heteroatoms. The van der Waals surface area contributed by atoms with Crippen molar-refractivity contribution in [1.82, 2.24) is 14.5 Å². The van der Waals surface area contributed by atoms with Crippen molar-refractivity contribution in [2.75, 3.05) is 13.2 Å². The van der Waals surface area contributed by atoms with E-state index in [9.17, 15) is 9.18 Å². The van der Waals surface area contributed by atoms with Gasteiger partial charge < -0.3 is 9.64 Å². The minimum atomic E-state index is -0.310. The van der Waals surface area contributed by atoms with Crippen LogP contribution >= 0.6 is 11.5 Å². The zero-order chi connectivity index (χ0) is 15.7. The highest BCUT2D eigenvalue weighted by molar-refractivity contribution is 7.07. The molecule has 0 N–H and O–H groups in total. The molecule has 1 amide bonds. The smallest absolute Gasteiger partial charge is 0.267 e. The summed E-state index contributed by atoms with van der Waals surface area (Å²) in [4.78, 5) is 14.9. The van der Waals surface area contributed by atoms with Gasteiger partial charge in [0.1, 0.15) is 16.4 Å². The van der Waals surface area contributed by atoms with Gasteiger partial charge in [-0.15, -0.1) is 5.10 Å². The third-order valence-corrected chi connectivity index (χ3v) is 4.47. The van der Waals surface area contributed by atoms with Crippen molar-refractivity contribution in [1.29, 1.82) is 0 Å². The number of hydrogen-bond donors (Lipinski definition) is 0. The molecule has 0 saturated carbocycles. The van der Waals surface area contributed by atoms with Gasteiger partial charge in [0.2, 0.25) is 0 Å². The number of fused-ring (bicyclic) bond motifs is 1. The SMILES string of the molecule is CCN(C(=O)c1cnns1)C1CCOc2c(C)cc(F)cc21. The lowest BCUT2D eigenvalue weighted by Gasteiger charge is -2.35. The number of aromatic nitrogens is 2. The van der Waals surface area contributed by atoms with Crippen molar-refractivity contribution in [2.24, 2.45) is 0 Å². The summed E-state index contributed by atoms with van der Waals surface area (Å²) in [6.07, 6.45) is 2.11. The molecule has 1 aliphatic heterocycles. The number of carbonyl (C=O) groups is 1. The largest absolute Gasteiger partial charge is 0.493 e. The van der Waals surface area contributed by atoms with E-state index in [4.69, 9.17) is 4.74 Å². The van der Waals surface area contributed by atoms with Crippen LogP contribution in [0.4, 0.5) is 4.39 Å². The molecule has 0 aliphatic carbocycles. The molecule has 3 rings (SSSR count). The minimum Gasteiger partial charge on any atom is -0.493 e. The van der Waals surface area contributed by atoms with Crippen LogP contribution in [0.15, 0.2) is 18.3 Å². The van der Waals surface area contributed by atoms with Crippen molar-refractivity contribution in [3.05, 3.63) is 40.2 Å². The Bertz CT molecular complexity index is 690. The number of rotatable bonds is 3. The predicted molar refractivity (Wildman–Crippen MR) is 80.6 cm³/mol. The number of halogens is 1. The van der Waals surface area contributed by atoms with Crippen LogP contribution in [0.2, 0.25) is 0 Å². The first-order valence-corrected chi connectivity index (χ1v) is 7.90.